The molecule has 0 spiro atoms. The van der Waals surface area contributed by atoms with Crippen molar-refractivity contribution in [2.24, 2.45) is 7.05 Å². The number of hydrogen-bond acceptors (Lipinski definition) is 2. The SMILES string of the molecule is Cn1nc(Oc2ccc(C(F)(F)F)c(Br)c2)c(Cl)c1C(F)(F)F. The molecule has 0 amide bonds. The highest BCUT2D eigenvalue weighted by Gasteiger charge is 2.39. The molecule has 0 bridgehead atoms. The molecule has 0 aliphatic rings. The van der Waals surface area contributed by atoms with Gasteiger partial charge in [0.1, 0.15) is 10.8 Å². The third-order valence-electron chi connectivity index (χ3n) is 2.69. The smallest absolute Gasteiger partial charge is 0.434 e. The van der Waals surface area contributed by atoms with Crippen LogP contribution in [-0.4, -0.2) is 9.78 Å². The molecule has 1 aromatic heterocycles. The fourth-order valence-corrected chi connectivity index (χ4v) is 2.64. The molecule has 0 saturated carbocycles. The minimum absolute atomic E-state index is 0.154. The van der Waals surface area contributed by atoms with E-state index >= 15 is 0 Å². The van der Waals surface area contributed by atoms with Crippen LogP contribution in [0, 0.1) is 0 Å². The number of aromatic nitrogens is 2. The Balaban J connectivity index is 2.36. The highest BCUT2D eigenvalue weighted by Crippen LogP contribution is 2.41. The zero-order valence-corrected chi connectivity index (χ0v) is 13.4. The van der Waals surface area contributed by atoms with Gasteiger partial charge in [0, 0.05) is 11.5 Å². The molecule has 2 rings (SSSR count). The van der Waals surface area contributed by atoms with Crippen molar-refractivity contribution >= 4 is 27.5 Å². The van der Waals surface area contributed by atoms with E-state index in [4.69, 9.17) is 16.3 Å². The van der Waals surface area contributed by atoms with Gasteiger partial charge in [0.05, 0.1) is 5.56 Å². The van der Waals surface area contributed by atoms with E-state index < -0.39 is 34.5 Å². The molecule has 0 radical (unpaired) electrons. The maximum absolute atomic E-state index is 12.8. The lowest BCUT2D eigenvalue weighted by molar-refractivity contribution is -0.143. The van der Waals surface area contributed by atoms with E-state index in [2.05, 4.69) is 21.0 Å². The molecular weight excluding hydrogens is 417 g/mol. The van der Waals surface area contributed by atoms with Gasteiger partial charge < -0.3 is 4.74 Å². The fraction of sp³-hybridized carbons (Fsp3) is 0.250. The number of aryl methyl sites for hydroxylation is 1. The van der Waals surface area contributed by atoms with Crippen LogP contribution < -0.4 is 4.74 Å². The van der Waals surface area contributed by atoms with Gasteiger partial charge in [-0.05, 0) is 18.2 Å². The van der Waals surface area contributed by atoms with Gasteiger partial charge in [0.15, 0.2) is 5.69 Å². The van der Waals surface area contributed by atoms with Gasteiger partial charge in [-0.3, -0.25) is 4.68 Å². The summed E-state index contributed by atoms with van der Waals surface area (Å²) in [5.41, 5.74) is -2.17. The summed E-state index contributed by atoms with van der Waals surface area (Å²) in [5.74, 6) is -0.716. The topological polar surface area (TPSA) is 27.1 Å². The molecule has 0 N–H and O–H groups in total. The quantitative estimate of drug-likeness (QED) is 0.582. The van der Waals surface area contributed by atoms with E-state index in [1.54, 1.807) is 0 Å². The lowest BCUT2D eigenvalue weighted by atomic mass is 10.2. The highest BCUT2D eigenvalue weighted by molar-refractivity contribution is 9.10. The zero-order valence-electron chi connectivity index (χ0n) is 11.1. The van der Waals surface area contributed by atoms with E-state index in [1.165, 1.54) is 0 Å². The number of rotatable bonds is 2. The molecular formula is C12H6BrClF6N2O. The summed E-state index contributed by atoms with van der Waals surface area (Å²) in [6.07, 6.45) is -9.33. The minimum Gasteiger partial charge on any atom is -0.436 e. The predicted molar refractivity (Wildman–Crippen MR) is 72.4 cm³/mol. The molecule has 0 aliphatic heterocycles. The first-order valence-corrected chi connectivity index (χ1v) is 6.92. The van der Waals surface area contributed by atoms with Gasteiger partial charge in [-0.25, -0.2) is 0 Å². The minimum atomic E-state index is -4.75. The lowest BCUT2D eigenvalue weighted by Crippen LogP contribution is -2.12. The van der Waals surface area contributed by atoms with Crippen molar-refractivity contribution in [3.05, 3.63) is 39.0 Å². The van der Waals surface area contributed by atoms with E-state index in [0.29, 0.717) is 4.68 Å². The molecule has 0 unspecified atom stereocenters. The predicted octanol–water partition coefficient (Wildman–Crippen LogP) is 5.67. The van der Waals surface area contributed by atoms with Crippen LogP contribution in [0.15, 0.2) is 22.7 Å². The molecule has 126 valence electrons. The van der Waals surface area contributed by atoms with Crippen molar-refractivity contribution in [3.8, 4) is 11.6 Å². The normalized spacial score (nSPS) is 12.6. The van der Waals surface area contributed by atoms with Crippen LogP contribution in [0.3, 0.4) is 0 Å². The first-order chi connectivity index (χ1) is 10.4. The van der Waals surface area contributed by atoms with Crippen molar-refractivity contribution in [2.75, 3.05) is 0 Å². The van der Waals surface area contributed by atoms with E-state index in [1.807, 2.05) is 0 Å². The van der Waals surface area contributed by atoms with E-state index in [-0.39, 0.29) is 10.2 Å². The summed E-state index contributed by atoms with van der Waals surface area (Å²) in [6, 6.07) is 2.63. The number of ether oxygens (including phenoxy) is 1. The van der Waals surface area contributed by atoms with Crippen molar-refractivity contribution in [1.82, 2.24) is 9.78 Å². The Labute approximate surface area is 138 Å². The number of hydrogen-bond donors (Lipinski definition) is 0. The molecule has 1 aromatic carbocycles. The van der Waals surface area contributed by atoms with Crippen LogP contribution in [0.2, 0.25) is 5.02 Å². The van der Waals surface area contributed by atoms with Crippen LogP contribution in [0.4, 0.5) is 26.3 Å². The first kappa shape index (κ1) is 17.9. The Hall–Kier alpha value is -1.42. The number of halogens is 8. The summed E-state index contributed by atoms with van der Waals surface area (Å²) < 4.78 is 81.4. The zero-order chi connectivity index (χ0) is 17.6. The number of nitrogens with zero attached hydrogens (tertiary/aromatic N) is 2. The maximum atomic E-state index is 12.8. The van der Waals surface area contributed by atoms with Crippen LogP contribution in [0.1, 0.15) is 11.3 Å². The Morgan fingerprint density at radius 2 is 1.74 bits per heavy atom. The van der Waals surface area contributed by atoms with Crippen molar-refractivity contribution in [3.63, 3.8) is 0 Å². The molecule has 0 saturated heterocycles. The third kappa shape index (κ3) is 3.74. The van der Waals surface area contributed by atoms with Crippen LogP contribution in [0.5, 0.6) is 11.6 Å². The summed E-state index contributed by atoms with van der Waals surface area (Å²) >= 11 is 8.32. The Morgan fingerprint density at radius 1 is 1.13 bits per heavy atom. The average Bonchev–Trinajstić information content (AvgIpc) is 2.62. The van der Waals surface area contributed by atoms with Crippen LogP contribution in [-0.2, 0) is 19.4 Å². The summed E-state index contributed by atoms with van der Waals surface area (Å²) in [7, 11) is 1.02. The Morgan fingerprint density at radius 3 is 2.17 bits per heavy atom. The van der Waals surface area contributed by atoms with Crippen LogP contribution >= 0.6 is 27.5 Å². The van der Waals surface area contributed by atoms with Crippen LogP contribution in [0.25, 0.3) is 0 Å². The Kier molecular flexibility index (Phi) is 4.60. The second-order valence-electron chi connectivity index (χ2n) is 4.33. The number of benzene rings is 1. The molecule has 11 heteroatoms. The van der Waals surface area contributed by atoms with Gasteiger partial charge in [0.25, 0.3) is 5.88 Å². The second-order valence-corrected chi connectivity index (χ2v) is 5.56. The molecule has 1 heterocycles. The third-order valence-corrected chi connectivity index (χ3v) is 3.69. The first-order valence-electron chi connectivity index (χ1n) is 5.75. The largest absolute Gasteiger partial charge is 0.436 e. The standard InChI is InChI=1S/C12H6BrClF6N2O/c1-22-9(12(18,19)20)8(14)10(21-22)23-5-2-3-6(7(13)4-5)11(15,16)17/h2-4H,1H3. The Bertz CT molecular complexity index is 740. The van der Waals surface area contributed by atoms with Gasteiger partial charge in [-0.15, -0.1) is 5.10 Å². The average molecular weight is 424 g/mol. The highest BCUT2D eigenvalue weighted by atomic mass is 79.9. The van der Waals surface area contributed by atoms with E-state index in [9.17, 15) is 26.3 Å². The lowest BCUT2D eigenvalue weighted by Gasteiger charge is -2.10. The van der Waals surface area contributed by atoms with E-state index in [0.717, 1.165) is 25.2 Å². The molecule has 3 nitrogen and oxygen atoms in total. The summed E-state index contributed by atoms with van der Waals surface area (Å²) in [6.45, 7) is 0. The molecule has 2 aromatic rings. The van der Waals surface area contributed by atoms with Gasteiger partial charge in [-0.2, -0.15) is 26.3 Å². The van der Waals surface area contributed by atoms with Crippen molar-refractivity contribution in [2.45, 2.75) is 12.4 Å². The fourth-order valence-electron chi connectivity index (χ4n) is 1.75. The van der Waals surface area contributed by atoms with Gasteiger partial charge in [-0.1, -0.05) is 27.5 Å². The molecule has 0 atom stereocenters. The summed E-state index contributed by atoms with van der Waals surface area (Å²) in [5, 5.41) is 2.70. The van der Waals surface area contributed by atoms with Crippen molar-refractivity contribution < 1.29 is 31.1 Å². The molecule has 23 heavy (non-hydrogen) atoms. The monoisotopic (exact) mass is 422 g/mol. The van der Waals surface area contributed by atoms with Gasteiger partial charge in [0.2, 0.25) is 0 Å². The second kappa shape index (κ2) is 5.90. The van der Waals surface area contributed by atoms with Gasteiger partial charge >= 0.3 is 12.4 Å². The number of alkyl halides is 6. The summed E-state index contributed by atoms with van der Waals surface area (Å²) in [4.78, 5) is 0. The maximum Gasteiger partial charge on any atom is 0.434 e. The molecule has 0 aliphatic carbocycles. The van der Waals surface area contributed by atoms with Crippen molar-refractivity contribution in [1.29, 1.82) is 0 Å². The molecule has 0 fully saturated rings.